The number of methoxy groups -OCH3 is 1. The van der Waals surface area contributed by atoms with E-state index in [-0.39, 0.29) is 12.7 Å². The molecule has 1 saturated heterocycles. The van der Waals surface area contributed by atoms with Crippen LogP contribution in [-0.4, -0.2) is 39.0 Å². The molecule has 23 heavy (non-hydrogen) atoms. The number of hydrogen-bond donors (Lipinski definition) is 0. The first-order valence-electron chi connectivity index (χ1n) is 7.39. The fourth-order valence-electron chi connectivity index (χ4n) is 2.04. The minimum Gasteiger partial charge on any atom is -0.491 e. The highest BCUT2D eigenvalue weighted by molar-refractivity contribution is 5.71. The predicted octanol–water partition coefficient (Wildman–Crippen LogP) is 2.68. The fraction of sp³-hybridized carbons (Fsp3) is 0.278. The standard InChI is InChI=1S/C18H18O5/c1-20-18(19)12-23-16-8-4-14(5-9-16)13-2-6-15(7-3-13)21-10-17-11-22-17/h2-9,17H,10-12H2,1H3. The zero-order chi connectivity index (χ0) is 16.1. The lowest BCUT2D eigenvalue weighted by molar-refractivity contribution is -0.142. The second kappa shape index (κ2) is 7.15. The molecule has 0 aliphatic carbocycles. The highest BCUT2D eigenvalue weighted by Crippen LogP contribution is 2.25. The molecule has 2 aromatic carbocycles. The van der Waals surface area contributed by atoms with Crippen molar-refractivity contribution in [2.75, 3.05) is 26.9 Å². The van der Waals surface area contributed by atoms with Crippen molar-refractivity contribution < 1.29 is 23.7 Å². The molecular formula is C18H18O5. The molecule has 0 saturated carbocycles. The van der Waals surface area contributed by atoms with Gasteiger partial charge in [0.25, 0.3) is 0 Å². The first-order valence-corrected chi connectivity index (χ1v) is 7.39. The van der Waals surface area contributed by atoms with Crippen LogP contribution in [0.5, 0.6) is 11.5 Å². The van der Waals surface area contributed by atoms with Crippen LogP contribution >= 0.6 is 0 Å². The molecule has 1 fully saturated rings. The Labute approximate surface area is 134 Å². The summed E-state index contributed by atoms with van der Waals surface area (Å²) in [5.41, 5.74) is 2.15. The van der Waals surface area contributed by atoms with Crippen LogP contribution in [-0.2, 0) is 14.3 Å². The third-order valence-electron chi connectivity index (χ3n) is 3.46. The molecule has 5 heteroatoms. The van der Waals surface area contributed by atoms with Crippen molar-refractivity contribution in [3.05, 3.63) is 48.5 Å². The molecule has 1 aliphatic rings. The van der Waals surface area contributed by atoms with Crippen molar-refractivity contribution in [3.63, 3.8) is 0 Å². The first-order chi connectivity index (χ1) is 11.2. The number of hydrogen-bond acceptors (Lipinski definition) is 5. The summed E-state index contributed by atoms with van der Waals surface area (Å²) in [6.07, 6.45) is 0.257. The Balaban J connectivity index is 1.58. The van der Waals surface area contributed by atoms with E-state index in [4.69, 9.17) is 14.2 Å². The summed E-state index contributed by atoms with van der Waals surface area (Å²) in [6, 6.07) is 15.4. The van der Waals surface area contributed by atoms with Crippen LogP contribution < -0.4 is 9.47 Å². The van der Waals surface area contributed by atoms with Crippen LogP contribution in [0.4, 0.5) is 0 Å². The summed E-state index contributed by atoms with van der Waals surface area (Å²) >= 11 is 0. The Bertz CT molecular complexity index is 644. The van der Waals surface area contributed by atoms with Crippen molar-refractivity contribution >= 4 is 5.97 Å². The van der Waals surface area contributed by atoms with E-state index in [0.717, 1.165) is 23.5 Å². The molecule has 1 unspecified atom stereocenters. The molecule has 5 nitrogen and oxygen atoms in total. The van der Waals surface area contributed by atoms with E-state index < -0.39 is 5.97 Å². The molecule has 0 N–H and O–H groups in total. The van der Waals surface area contributed by atoms with Gasteiger partial charge in [-0.05, 0) is 35.4 Å². The minimum atomic E-state index is -0.402. The highest BCUT2D eigenvalue weighted by Gasteiger charge is 2.22. The van der Waals surface area contributed by atoms with Gasteiger partial charge in [-0.1, -0.05) is 24.3 Å². The molecule has 0 radical (unpaired) electrons. The van der Waals surface area contributed by atoms with Gasteiger partial charge in [0.05, 0.1) is 13.7 Å². The van der Waals surface area contributed by atoms with Crippen molar-refractivity contribution in [1.29, 1.82) is 0 Å². The maximum atomic E-state index is 11.0. The van der Waals surface area contributed by atoms with Gasteiger partial charge in [-0.15, -0.1) is 0 Å². The number of benzene rings is 2. The zero-order valence-corrected chi connectivity index (χ0v) is 12.9. The van der Waals surface area contributed by atoms with Gasteiger partial charge < -0.3 is 18.9 Å². The Morgan fingerprint density at radius 1 is 1.00 bits per heavy atom. The molecule has 0 aromatic heterocycles. The molecule has 0 amide bonds. The lowest BCUT2D eigenvalue weighted by Crippen LogP contribution is -2.12. The normalized spacial score (nSPS) is 15.8. The monoisotopic (exact) mass is 314 g/mol. The number of epoxide rings is 1. The molecule has 1 aliphatic heterocycles. The summed E-state index contributed by atoms with van der Waals surface area (Å²) in [4.78, 5) is 11.0. The van der Waals surface area contributed by atoms with Gasteiger partial charge in [-0.3, -0.25) is 0 Å². The average Bonchev–Trinajstić information content (AvgIpc) is 3.43. The van der Waals surface area contributed by atoms with Crippen LogP contribution in [0.1, 0.15) is 0 Å². The van der Waals surface area contributed by atoms with Crippen molar-refractivity contribution in [1.82, 2.24) is 0 Å². The van der Waals surface area contributed by atoms with Gasteiger partial charge in [0.15, 0.2) is 6.61 Å². The maximum absolute atomic E-state index is 11.0. The largest absolute Gasteiger partial charge is 0.491 e. The predicted molar refractivity (Wildman–Crippen MR) is 84.6 cm³/mol. The Hall–Kier alpha value is -2.53. The summed E-state index contributed by atoms with van der Waals surface area (Å²) in [5.74, 6) is 1.06. The lowest BCUT2D eigenvalue weighted by Gasteiger charge is -2.08. The molecule has 1 heterocycles. The Kier molecular flexibility index (Phi) is 4.78. The maximum Gasteiger partial charge on any atom is 0.343 e. The van der Waals surface area contributed by atoms with Gasteiger partial charge in [0.2, 0.25) is 0 Å². The van der Waals surface area contributed by atoms with Crippen LogP contribution in [0.3, 0.4) is 0 Å². The number of ether oxygens (including phenoxy) is 4. The molecule has 0 bridgehead atoms. The summed E-state index contributed by atoms with van der Waals surface area (Å²) < 4.78 is 20.6. The summed E-state index contributed by atoms with van der Waals surface area (Å²) in [5, 5.41) is 0. The van der Waals surface area contributed by atoms with Gasteiger partial charge in [0, 0.05) is 0 Å². The molecule has 120 valence electrons. The van der Waals surface area contributed by atoms with E-state index in [1.54, 1.807) is 0 Å². The fourth-order valence-corrected chi connectivity index (χ4v) is 2.04. The van der Waals surface area contributed by atoms with Gasteiger partial charge in [0.1, 0.15) is 24.2 Å². The molecule has 2 aromatic rings. The van der Waals surface area contributed by atoms with Crippen molar-refractivity contribution in [2.45, 2.75) is 6.10 Å². The third kappa shape index (κ3) is 4.47. The quantitative estimate of drug-likeness (QED) is 0.581. The second-order valence-corrected chi connectivity index (χ2v) is 5.18. The van der Waals surface area contributed by atoms with Crippen molar-refractivity contribution in [3.8, 4) is 22.6 Å². The van der Waals surface area contributed by atoms with Crippen LogP contribution in [0.15, 0.2) is 48.5 Å². The van der Waals surface area contributed by atoms with Gasteiger partial charge >= 0.3 is 5.97 Å². The van der Waals surface area contributed by atoms with Crippen molar-refractivity contribution in [2.24, 2.45) is 0 Å². The average molecular weight is 314 g/mol. The van der Waals surface area contributed by atoms with E-state index in [9.17, 15) is 4.79 Å². The van der Waals surface area contributed by atoms with E-state index >= 15 is 0 Å². The number of carbonyl (C=O) groups excluding carboxylic acids is 1. The first kappa shape index (κ1) is 15.4. The molecular weight excluding hydrogens is 296 g/mol. The van der Waals surface area contributed by atoms with E-state index in [1.165, 1.54) is 7.11 Å². The van der Waals surface area contributed by atoms with Gasteiger partial charge in [-0.2, -0.15) is 0 Å². The molecule has 3 rings (SSSR count). The molecule has 0 spiro atoms. The Morgan fingerprint density at radius 2 is 1.52 bits per heavy atom. The lowest BCUT2D eigenvalue weighted by atomic mass is 10.1. The second-order valence-electron chi connectivity index (χ2n) is 5.18. The zero-order valence-electron chi connectivity index (χ0n) is 12.9. The number of esters is 1. The van der Waals surface area contributed by atoms with E-state index in [2.05, 4.69) is 4.74 Å². The SMILES string of the molecule is COC(=O)COc1ccc(-c2ccc(OCC3CO3)cc2)cc1. The topological polar surface area (TPSA) is 57.3 Å². The minimum absolute atomic E-state index is 0.0907. The van der Waals surface area contributed by atoms with E-state index in [0.29, 0.717) is 12.4 Å². The number of rotatable bonds is 7. The summed E-state index contributed by atoms with van der Waals surface area (Å²) in [7, 11) is 1.33. The van der Waals surface area contributed by atoms with E-state index in [1.807, 2.05) is 48.5 Å². The number of carbonyl (C=O) groups is 1. The summed E-state index contributed by atoms with van der Waals surface area (Å²) in [6.45, 7) is 1.31. The third-order valence-corrected chi connectivity index (χ3v) is 3.46. The van der Waals surface area contributed by atoms with Crippen LogP contribution in [0, 0.1) is 0 Å². The Morgan fingerprint density at radius 3 is 2.00 bits per heavy atom. The molecule has 1 atom stereocenters. The van der Waals surface area contributed by atoms with Gasteiger partial charge in [-0.25, -0.2) is 4.79 Å². The smallest absolute Gasteiger partial charge is 0.343 e. The highest BCUT2D eigenvalue weighted by atomic mass is 16.6. The van der Waals surface area contributed by atoms with Crippen LogP contribution in [0.25, 0.3) is 11.1 Å². The van der Waals surface area contributed by atoms with Crippen LogP contribution in [0.2, 0.25) is 0 Å².